The van der Waals surface area contributed by atoms with Gasteiger partial charge in [-0.15, -0.1) is 0 Å². The minimum absolute atomic E-state index is 0.0130. The Balaban J connectivity index is 1.92. The van der Waals surface area contributed by atoms with Crippen LogP contribution >= 0.6 is 0 Å². The molecule has 2 heterocycles. The first-order chi connectivity index (χ1) is 7.58. The Morgan fingerprint density at radius 1 is 1.25 bits per heavy atom. The quantitative estimate of drug-likeness (QED) is 0.579. The fraction of sp³-hybridized carbons (Fsp3) is 0.727. The molecule has 2 amide bonds. The predicted octanol–water partition coefficient (Wildman–Crippen LogP) is -0.201. The van der Waals surface area contributed by atoms with Gasteiger partial charge in [-0.3, -0.25) is 14.4 Å². The van der Waals surface area contributed by atoms with E-state index in [1.165, 1.54) is 0 Å². The highest BCUT2D eigenvalue weighted by Crippen LogP contribution is 2.20. The topological polar surface area (TPSA) is 57.7 Å². The molecule has 0 aromatic heterocycles. The molecule has 5 heteroatoms. The molecule has 16 heavy (non-hydrogen) atoms. The van der Waals surface area contributed by atoms with Crippen molar-refractivity contribution in [3.05, 3.63) is 0 Å². The third-order valence-corrected chi connectivity index (χ3v) is 3.37. The predicted molar refractivity (Wildman–Crippen MR) is 56.6 cm³/mol. The van der Waals surface area contributed by atoms with E-state index in [1.54, 1.807) is 16.7 Å². The maximum Gasteiger partial charge on any atom is 0.230 e. The first-order valence-corrected chi connectivity index (χ1v) is 5.64. The van der Waals surface area contributed by atoms with Gasteiger partial charge in [0.2, 0.25) is 11.8 Å². The van der Waals surface area contributed by atoms with Crippen molar-refractivity contribution in [1.82, 2.24) is 9.80 Å². The fourth-order valence-corrected chi connectivity index (χ4v) is 2.43. The van der Waals surface area contributed by atoms with Crippen LogP contribution in [0.1, 0.15) is 26.2 Å². The second kappa shape index (κ2) is 4.23. The zero-order valence-electron chi connectivity index (χ0n) is 9.44. The smallest absolute Gasteiger partial charge is 0.230 e. The lowest BCUT2D eigenvalue weighted by molar-refractivity contribution is -0.133. The molecule has 2 fully saturated rings. The monoisotopic (exact) mass is 224 g/mol. The Bertz CT molecular complexity index is 332. The molecule has 2 rings (SSSR count). The highest BCUT2D eigenvalue weighted by molar-refractivity contribution is 6.05. The van der Waals surface area contributed by atoms with Crippen molar-refractivity contribution in [3.63, 3.8) is 0 Å². The van der Waals surface area contributed by atoms with E-state index < -0.39 is 0 Å². The summed E-state index contributed by atoms with van der Waals surface area (Å²) in [5.74, 6) is 0.0487. The van der Waals surface area contributed by atoms with Crippen molar-refractivity contribution in [3.8, 4) is 0 Å². The van der Waals surface area contributed by atoms with Gasteiger partial charge in [0.05, 0.1) is 13.0 Å². The largest absolute Gasteiger partial charge is 0.343 e. The van der Waals surface area contributed by atoms with Gasteiger partial charge in [-0.1, -0.05) is 0 Å². The number of likely N-dealkylation sites (tertiary alicyclic amines) is 2. The van der Waals surface area contributed by atoms with E-state index in [-0.39, 0.29) is 36.6 Å². The van der Waals surface area contributed by atoms with E-state index in [4.69, 9.17) is 0 Å². The number of Topliss-reactive ketones (excluding diaryl/α,β-unsaturated/α-hetero) is 1. The molecule has 0 N–H and O–H groups in total. The molecule has 0 radical (unpaired) electrons. The number of hydrogen-bond donors (Lipinski definition) is 0. The maximum absolute atomic E-state index is 11.5. The van der Waals surface area contributed by atoms with Crippen molar-refractivity contribution < 1.29 is 14.4 Å². The standard InChI is InChI=1S/C11H16N2O3/c1-8(14)12-4-2-9(3-5-12)13-7-10(15)6-11(13)16/h9H,2-7H2,1H3. The summed E-state index contributed by atoms with van der Waals surface area (Å²) in [5.41, 5.74) is 0. The minimum Gasteiger partial charge on any atom is -0.343 e. The summed E-state index contributed by atoms with van der Waals surface area (Å²) in [4.78, 5) is 37.3. The molecule has 0 atom stereocenters. The van der Waals surface area contributed by atoms with E-state index in [0.717, 1.165) is 12.8 Å². The Labute approximate surface area is 94.4 Å². The molecule has 0 aromatic rings. The van der Waals surface area contributed by atoms with Crippen LogP contribution < -0.4 is 0 Å². The van der Waals surface area contributed by atoms with Crippen LogP contribution in [-0.4, -0.2) is 53.1 Å². The van der Waals surface area contributed by atoms with Crippen LogP contribution in [0.2, 0.25) is 0 Å². The van der Waals surface area contributed by atoms with Crippen LogP contribution in [0.25, 0.3) is 0 Å². The van der Waals surface area contributed by atoms with Crippen molar-refractivity contribution in [2.45, 2.75) is 32.2 Å². The van der Waals surface area contributed by atoms with Crippen molar-refractivity contribution in [1.29, 1.82) is 0 Å². The molecule has 0 unspecified atom stereocenters. The third kappa shape index (κ3) is 2.08. The molecule has 0 spiro atoms. The number of hydrogen-bond acceptors (Lipinski definition) is 3. The normalized spacial score (nSPS) is 23.1. The SMILES string of the molecule is CC(=O)N1CCC(N2CC(=O)CC2=O)CC1. The molecular formula is C11H16N2O3. The summed E-state index contributed by atoms with van der Waals surface area (Å²) in [6.45, 7) is 3.21. The number of rotatable bonds is 1. The van der Waals surface area contributed by atoms with E-state index in [0.29, 0.717) is 13.1 Å². The Kier molecular flexibility index (Phi) is 2.94. The average Bonchev–Trinajstić information content (AvgIpc) is 2.58. The molecule has 2 saturated heterocycles. The second-order valence-corrected chi connectivity index (χ2v) is 4.47. The molecule has 2 aliphatic heterocycles. The van der Waals surface area contributed by atoms with Crippen molar-refractivity contribution in [2.75, 3.05) is 19.6 Å². The molecule has 2 aliphatic rings. The van der Waals surface area contributed by atoms with Crippen LogP contribution in [0, 0.1) is 0 Å². The molecule has 5 nitrogen and oxygen atoms in total. The first-order valence-electron chi connectivity index (χ1n) is 5.64. The summed E-state index contributed by atoms with van der Waals surface area (Å²) in [6, 6.07) is 0.148. The lowest BCUT2D eigenvalue weighted by Crippen LogP contribution is -2.46. The van der Waals surface area contributed by atoms with Gasteiger partial charge in [0.25, 0.3) is 0 Å². The zero-order chi connectivity index (χ0) is 11.7. The number of carbonyl (C=O) groups excluding carboxylic acids is 3. The van der Waals surface area contributed by atoms with Gasteiger partial charge >= 0.3 is 0 Å². The summed E-state index contributed by atoms with van der Waals surface area (Å²) < 4.78 is 0. The molecule has 0 aromatic carbocycles. The summed E-state index contributed by atoms with van der Waals surface area (Å²) in [6.07, 6.45) is 1.64. The van der Waals surface area contributed by atoms with E-state index in [2.05, 4.69) is 0 Å². The average molecular weight is 224 g/mol. The van der Waals surface area contributed by atoms with Gasteiger partial charge in [0.1, 0.15) is 0 Å². The number of piperidine rings is 1. The second-order valence-electron chi connectivity index (χ2n) is 4.47. The molecule has 0 saturated carbocycles. The van der Waals surface area contributed by atoms with Crippen molar-refractivity contribution in [2.24, 2.45) is 0 Å². The van der Waals surface area contributed by atoms with Crippen molar-refractivity contribution >= 4 is 17.6 Å². The number of amides is 2. The first kappa shape index (κ1) is 11.1. The zero-order valence-corrected chi connectivity index (χ0v) is 9.44. The van der Waals surface area contributed by atoms with Gasteiger partial charge in [0.15, 0.2) is 5.78 Å². The number of carbonyl (C=O) groups is 3. The highest BCUT2D eigenvalue weighted by atomic mass is 16.2. The van der Waals surface area contributed by atoms with E-state index >= 15 is 0 Å². The van der Waals surface area contributed by atoms with E-state index in [1.807, 2.05) is 0 Å². The number of nitrogens with zero attached hydrogens (tertiary/aromatic N) is 2. The van der Waals surface area contributed by atoms with Crippen LogP contribution in [-0.2, 0) is 14.4 Å². The summed E-state index contributed by atoms with van der Waals surface area (Å²) in [5, 5.41) is 0. The molecule has 0 bridgehead atoms. The van der Waals surface area contributed by atoms with E-state index in [9.17, 15) is 14.4 Å². The lowest BCUT2D eigenvalue weighted by Gasteiger charge is -2.35. The van der Waals surface area contributed by atoms with Gasteiger partial charge < -0.3 is 9.80 Å². The van der Waals surface area contributed by atoms with Crippen LogP contribution in [0.5, 0.6) is 0 Å². The highest BCUT2D eigenvalue weighted by Gasteiger charge is 2.34. The summed E-state index contributed by atoms with van der Waals surface area (Å²) in [7, 11) is 0. The molecular weight excluding hydrogens is 208 g/mol. The third-order valence-electron chi connectivity index (χ3n) is 3.37. The van der Waals surface area contributed by atoms with Gasteiger partial charge in [-0.25, -0.2) is 0 Å². The Morgan fingerprint density at radius 2 is 1.88 bits per heavy atom. The van der Waals surface area contributed by atoms with Gasteiger partial charge in [0, 0.05) is 26.1 Å². The molecule has 0 aliphatic carbocycles. The Morgan fingerprint density at radius 3 is 2.31 bits per heavy atom. The number of ketones is 1. The van der Waals surface area contributed by atoms with Gasteiger partial charge in [-0.2, -0.15) is 0 Å². The minimum atomic E-state index is -0.0497. The molecule has 88 valence electrons. The fourth-order valence-electron chi connectivity index (χ4n) is 2.43. The van der Waals surface area contributed by atoms with Crippen LogP contribution in [0.3, 0.4) is 0 Å². The lowest BCUT2D eigenvalue weighted by atomic mass is 10.0. The Hall–Kier alpha value is -1.39. The maximum atomic E-state index is 11.5. The summed E-state index contributed by atoms with van der Waals surface area (Å²) >= 11 is 0. The van der Waals surface area contributed by atoms with Gasteiger partial charge in [-0.05, 0) is 12.8 Å². The van der Waals surface area contributed by atoms with Crippen LogP contribution in [0.4, 0.5) is 0 Å². The van der Waals surface area contributed by atoms with Crippen LogP contribution in [0.15, 0.2) is 0 Å².